The molecule has 0 radical (unpaired) electrons. The van der Waals surface area contributed by atoms with Crippen molar-refractivity contribution in [2.45, 2.75) is 45.2 Å². The third-order valence-corrected chi connectivity index (χ3v) is 4.95. The van der Waals surface area contributed by atoms with E-state index in [-0.39, 0.29) is 0 Å². The molecule has 2 heterocycles. The lowest BCUT2D eigenvalue weighted by Gasteiger charge is -2.35. The molecule has 1 N–H and O–H groups in total. The van der Waals surface area contributed by atoms with Crippen LogP contribution in [0.15, 0.2) is 24.3 Å². The highest BCUT2D eigenvalue weighted by Crippen LogP contribution is 2.26. The van der Waals surface area contributed by atoms with Gasteiger partial charge in [-0.05, 0) is 69.3 Å². The highest BCUT2D eigenvalue weighted by atomic mass is 15.1. The normalized spacial score (nSPS) is 25.8. The Balaban J connectivity index is 1.51. The number of piperidine rings is 1. The molecule has 2 nitrogen and oxygen atoms in total. The fraction of sp³-hybridized carbons (Fsp3) is 0.647. The fourth-order valence-electron chi connectivity index (χ4n) is 3.66. The van der Waals surface area contributed by atoms with E-state index in [0.29, 0.717) is 0 Å². The molecule has 0 aliphatic carbocycles. The Bertz CT molecular complexity index is 401. The lowest BCUT2D eigenvalue weighted by atomic mass is 9.88. The van der Waals surface area contributed by atoms with Gasteiger partial charge < -0.3 is 5.32 Å². The van der Waals surface area contributed by atoms with Crippen molar-refractivity contribution < 1.29 is 0 Å². The first kappa shape index (κ1) is 13.1. The van der Waals surface area contributed by atoms with Gasteiger partial charge in [0.1, 0.15) is 0 Å². The lowest BCUT2D eigenvalue weighted by molar-refractivity contribution is 0.157. The average Bonchev–Trinajstić information content (AvgIpc) is 2.96. The minimum atomic E-state index is 0.820. The molecule has 0 bridgehead atoms. The zero-order valence-electron chi connectivity index (χ0n) is 12.1. The summed E-state index contributed by atoms with van der Waals surface area (Å²) in [4.78, 5) is 2.63. The highest BCUT2D eigenvalue weighted by Gasteiger charge is 2.28. The maximum atomic E-state index is 3.68. The molecule has 2 saturated heterocycles. The Labute approximate surface area is 117 Å². The molecule has 3 rings (SSSR count). The molecule has 2 aliphatic rings. The first-order chi connectivity index (χ1) is 9.33. The molecule has 1 atom stereocenters. The molecule has 0 spiro atoms. The molecule has 1 aromatic rings. The van der Waals surface area contributed by atoms with Crippen molar-refractivity contribution in [3.05, 3.63) is 35.4 Å². The van der Waals surface area contributed by atoms with Gasteiger partial charge in [-0.3, -0.25) is 4.90 Å². The van der Waals surface area contributed by atoms with Crippen molar-refractivity contribution in [1.82, 2.24) is 10.2 Å². The summed E-state index contributed by atoms with van der Waals surface area (Å²) in [6.07, 6.45) is 5.55. The van der Waals surface area contributed by atoms with Gasteiger partial charge in [0.25, 0.3) is 0 Å². The van der Waals surface area contributed by atoms with Crippen LogP contribution in [0.4, 0.5) is 0 Å². The van der Waals surface area contributed by atoms with Crippen LogP contribution in [0, 0.1) is 12.8 Å². The Morgan fingerprint density at radius 2 is 1.95 bits per heavy atom. The van der Waals surface area contributed by atoms with Crippen molar-refractivity contribution in [3.63, 3.8) is 0 Å². The van der Waals surface area contributed by atoms with E-state index in [1.165, 1.54) is 56.4 Å². The third-order valence-electron chi connectivity index (χ3n) is 4.95. The summed E-state index contributed by atoms with van der Waals surface area (Å²) in [5, 5.41) is 3.68. The van der Waals surface area contributed by atoms with E-state index in [0.717, 1.165) is 18.5 Å². The second kappa shape index (κ2) is 6.06. The third kappa shape index (κ3) is 3.18. The molecular formula is C17H26N2. The topological polar surface area (TPSA) is 15.3 Å². The second-order valence-corrected chi connectivity index (χ2v) is 6.24. The summed E-state index contributed by atoms with van der Waals surface area (Å²) < 4.78 is 0. The zero-order valence-corrected chi connectivity index (χ0v) is 12.1. The minimum Gasteiger partial charge on any atom is -0.314 e. The van der Waals surface area contributed by atoms with Crippen LogP contribution >= 0.6 is 0 Å². The van der Waals surface area contributed by atoms with Crippen LogP contribution in [-0.2, 0) is 6.54 Å². The van der Waals surface area contributed by atoms with Gasteiger partial charge in [0, 0.05) is 12.6 Å². The van der Waals surface area contributed by atoms with Crippen molar-refractivity contribution in [1.29, 1.82) is 0 Å². The number of benzene rings is 1. The second-order valence-electron chi connectivity index (χ2n) is 6.24. The maximum Gasteiger partial charge on any atom is 0.0236 e. The molecule has 1 unspecified atom stereocenters. The van der Waals surface area contributed by atoms with Crippen molar-refractivity contribution >= 4 is 0 Å². The summed E-state index contributed by atoms with van der Waals surface area (Å²) in [6.45, 7) is 7.16. The predicted octanol–water partition coefficient (Wildman–Crippen LogP) is 2.96. The SMILES string of the molecule is Cc1ccccc1CN1CCC(C2CCCN2)CC1. The lowest BCUT2D eigenvalue weighted by Crippen LogP contribution is -2.40. The van der Waals surface area contributed by atoms with Gasteiger partial charge in [-0.1, -0.05) is 24.3 Å². The van der Waals surface area contributed by atoms with Gasteiger partial charge in [-0.25, -0.2) is 0 Å². The molecule has 2 fully saturated rings. The number of aryl methyl sites for hydroxylation is 1. The molecule has 104 valence electrons. The van der Waals surface area contributed by atoms with Gasteiger partial charge >= 0.3 is 0 Å². The van der Waals surface area contributed by atoms with Gasteiger partial charge in [0.05, 0.1) is 0 Å². The number of nitrogens with one attached hydrogen (secondary N) is 1. The van der Waals surface area contributed by atoms with Gasteiger partial charge in [-0.15, -0.1) is 0 Å². The summed E-state index contributed by atoms with van der Waals surface area (Å²) in [5.74, 6) is 0.927. The van der Waals surface area contributed by atoms with Crippen LogP contribution in [0.2, 0.25) is 0 Å². The molecule has 0 aromatic heterocycles. The number of hydrogen-bond donors (Lipinski definition) is 1. The predicted molar refractivity (Wildman–Crippen MR) is 80.2 cm³/mol. The van der Waals surface area contributed by atoms with Crippen LogP contribution < -0.4 is 5.32 Å². The molecule has 0 saturated carbocycles. The first-order valence-corrected chi connectivity index (χ1v) is 7.83. The summed E-state index contributed by atoms with van der Waals surface area (Å²) >= 11 is 0. The fourth-order valence-corrected chi connectivity index (χ4v) is 3.66. The van der Waals surface area contributed by atoms with Gasteiger partial charge in [0.15, 0.2) is 0 Å². The summed E-state index contributed by atoms with van der Waals surface area (Å²) in [7, 11) is 0. The van der Waals surface area contributed by atoms with E-state index in [1.807, 2.05) is 0 Å². The van der Waals surface area contributed by atoms with E-state index in [1.54, 1.807) is 0 Å². The molecule has 0 amide bonds. The van der Waals surface area contributed by atoms with Gasteiger partial charge in [0.2, 0.25) is 0 Å². The van der Waals surface area contributed by atoms with Crippen molar-refractivity contribution in [2.24, 2.45) is 5.92 Å². The average molecular weight is 258 g/mol. The zero-order chi connectivity index (χ0) is 13.1. The van der Waals surface area contributed by atoms with E-state index < -0.39 is 0 Å². The van der Waals surface area contributed by atoms with Crippen LogP contribution in [0.3, 0.4) is 0 Å². The number of nitrogens with zero attached hydrogens (tertiary/aromatic N) is 1. The standard InChI is InChI=1S/C17H26N2/c1-14-5-2-3-6-16(14)13-19-11-8-15(9-12-19)17-7-4-10-18-17/h2-3,5-6,15,17-18H,4,7-13H2,1H3. The molecule has 19 heavy (non-hydrogen) atoms. The van der Waals surface area contributed by atoms with E-state index in [4.69, 9.17) is 0 Å². The van der Waals surface area contributed by atoms with Crippen LogP contribution in [0.25, 0.3) is 0 Å². The van der Waals surface area contributed by atoms with E-state index >= 15 is 0 Å². The molecule has 2 aliphatic heterocycles. The first-order valence-electron chi connectivity index (χ1n) is 7.83. The molecule has 2 heteroatoms. The van der Waals surface area contributed by atoms with Crippen LogP contribution in [0.5, 0.6) is 0 Å². The Hall–Kier alpha value is -0.860. The largest absolute Gasteiger partial charge is 0.314 e. The number of likely N-dealkylation sites (tertiary alicyclic amines) is 1. The molecule has 1 aromatic carbocycles. The van der Waals surface area contributed by atoms with E-state index in [9.17, 15) is 0 Å². The Morgan fingerprint density at radius 3 is 2.63 bits per heavy atom. The minimum absolute atomic E-state index is 0.820. The summed E-state index contributed by atoms with van der Waals surface area (Å²) in [5.41, 5.74) is 2.93. The highest BCUT2D eigenvalue weighted by molar-refractivity contribution is 5.25. The van der Waals surface area contributed by atoms with Crippen LogP contribution in [-0.4, -0.2) is 30.6 Å². The van der Waals surface area contributed by atoms with Crippen molar-refractivity contribution in [3.8, 4) is 0 Å². The summed E-state index contributed by atoms with van der Waals surface area (Å²) in [6, 6.07) is 9.62. The quantitative estimate of drug-likeness (QED) is 0.896. The molecular weight excluding hydrogens is 232 g/mol. The van der Waals surface area contributed by atoms with Crippen molar-refractivity contribution in [2.75, 3.05) is 19.6 Å². The smallest absolute Gasteiger partial charge is 0.0236 e. The maximum absolute atomic E-state index is 3.68. The number of hydrogen-bond acceptors (Lipinski definition) is 2. The monoisotopic (exact) mass is 258 g/mol. The Morgan fingerprint density at radius 1 is 1.16 bits per heavy atom. The Kier molecular flexibility index (Phi) is 4.19. The van der Waals surface area contributed by atoms with Gasteiger partial charge in [-0.2, -0.15) is 0 Å². The van der Waals surface area contributed by atoms with Crippen LogP contribution in [0.1, 0.15) is 36.8 Å². The number of rotatable bonds is 3. The van der Waals surface area contributed by atoms with E-state index in [2.05, 4.69) is 41.4 Å².